The van der Waals surface area contributed by atoms with Crippen LogP contribution in [0.1, 0.15) is 37.0 Å². The van der Waals surface area contributed by atoms with Gasteiger partial charge in [-0.1, -0.05) is 13.8 Å². The molecule has 0 bridgehead atoms. The Bertz CT molecular complexity index is 606. The number of alkyl halides is 3. The molecule has 1 atom stereocenters. The number of hydrogen-bond donors (Lipinski definition) is 1. The third-order valence-corrected chi connectivity index (χ3v) is 3.90. The van der Waals surface area contributed by atoms with Crippen LogP contribution in [0.15, 0.2) is 17.0 Å². The molecule has 0 spiro atoms. The molecule has 1 unspecified atom stereocenters. The lowest BCUT2D eigenvalue weighted by molar-refractivity contribution is -0.208. The van der Waals surface area contributed by atoms with Gasteiger partial charge in [0.25, 0.3) is 0 Å². The first-order valence-electron chi connectivity index (χ1n) is 5.64. The normalized spacial score (nSPS) is 14.7. The van der Waals surface area contributed by atoms with E-state index in [1.165, 1.54) is 0 Å². The van der Waals surface area contributed by atoms with Crippen LogP contribution in [-0.4, -0.2) is 26.0 Å². The first kappa shape index (κ1) is 16.9. The van der Waals surface area contributed by atoms with E-state index in [-0.39, 0.29) is 11.5 Å². The summed E-state index contributed by atoms with van der Waals surface area (Å²) in [6.07, 6.45) is -7.67. The maximum atomic E-state index is 13.9. The van der Waals surface area contributed by atoms with E-state index < -0.39 is 38.4 Å². The highest BCUT2D eigenvalue weighted by Crippen LogP contribution is 2.38. The third kappa shape index (κ3) is 3.49. The van der Waals surface area contributed by atoms with Crippen LogP contribution < -0.4 is 0 Å². The molecule has 0 saturated carbocycles. The highest BCUT2D eigenvalue weighted by molar-refractivity contribution is 7.90. The average Bonchev–Trinajstić information content (AvgIpc) is 2.24. The molecule has 3 nitrogen and oxygen atoms in total. The quantitative estimate of drug-likeness (QED) is 0.873. The molecule has 0 aliphatic carbocycles. The Kier molecular flexibility index (Phi) is 4.50. The number of benzene rings is 1. The molecule has 0 heterocycles. The van der Waals surface area contributed by atoms with E-state index in [0.717, 1.165) is 12.1 Å². The largest absolute Gasteiger partial charge is 0.418 e. The van der Waals surface area contributed by atoms with E-state index in [1.807, 2.05) is 0 Å². The van der Waals surface area contributed by atoms with Gasteiger partial charge in [-0.25, -0.2) is 12.8 Å². The van der Waals surface area contributed by atoms with Gasteiger partial charge in [0.05, 0.1) is 4.90 Å². The second-order valence-corrected chi connectivity index (χ2v) is 6.77. The van der Waals surface area contributed by atoms with Gasteiger partial charge in [-0.05, 0) is 23.6 Å². The molecule has 0 aromatic heterocycles. The SMILES string of the molecule is CC(C)c1cc(F)c(C(O)C(F)(F)F)c(S(C)(=O)=O)c1. The van der Waals surface area contributed by atoms with Crippen molar-refractivity contribution >= 4 is 9.84 Å². The molecule has 0 radical (unpaired) electrons. The zero-order valence-electron chi connectivity index (χ0n) is 11.0. The second kappa shape index (κ2) is 5.33. The Morgan fingerprint density at radius 2 is 1.70 bits per heavy atom. The van der Waals surface area contributed by atoms with E-state index in [9.17, 15) is 31.1 Å². The third-order valence-electron chi connectivity index (χ3n) is 2.76. The van der Waals surface area contributed by atoms with Crippen LogP contribution in [0.25, 0.3) is 0 Å². The van der Waals surface area contributed by atoms with Gasteiger partial charge >= 0.3 is 6.18 Å². The molecule has 1 aromatic rings. The summed E-state index contributed by atoms with van der Waals surface area (Å²) >= 11 is 0. The summed E-state index contributed by atoms with van der Waals surface area (Å²) < 4.78 is 74.6. The lowest BCUT2D eigenvalue weighted by atomic mass is 9.99. The van der Waals surface area contributed by atoms with Crippen LogP contribution in [0.4, 0.5) is 17.6 Å². The lowest BCUT2D eigenvalue weighted by Gasteiger charge is -2.20. The fourth-order valence-electron chi connectivity index (χ4n) is 1.68. The molecular formula is C12H14F4O3S. The van der Waals surface area contributed by atoms with Gasteiger partial charge in [-0.2, -0.15) is 13.2 Å². The molecule has 114 valence electrons. The molecule has 1 N–H and O–H groups in total. The number of aliphatic hydroxyl groups excluding tert-OH is 1. The maximum absolute atomic E-state index is 13.9. The predicted octanol–water partition coefficient (Wildman–Crippen LogP) is 2.95. The van der Waals surface area contributed by atoms with Crippen LogP contribution in [0.5, 0.6) is 0 Å². The van der Waals surface area contributed by atoms with Crippen molar-refractivity contribution in [1.29, 1.82) is 0 Å². The van der Waals surface area contributed by atoms with Gasteiger partial charge in [0.2, 0.25) is 0 Å². The van der Waals surface area contributed by atoms with Crippen LogP contribution in [-0.2, 0) is 9.84 Å². The Labute approximate surface area is 114 Å². The van der Waals surface area contributed by atoms with Crippen molar-refractivity contribution in [1.82, 2.24) is 0 Å². The molecule has 0 aliphatic heterocycles. The standard InChI is InChI=1S/C12H14F4O3S/c1-6(2)7-4-8(13)10(11(17)12(14,15)16)9(5-7)20(3,18)19/h4-6,11,17H,1-3H3. The minimum atomic E-state index is -5.15. The van der Waals surface area contributed by atoms with Gasteiger partial charge in [0.1, 0.15) is 5.82 Å². The van der Waals surface area contributed by atoms with E-state index in [4.69, 9.17) is 0 Å². The van der Waals surface area contributed by atoms with Crippen molar-refractivity contribution < 1.29 is 31.1 Å². The molecule has 0 saturated heterocycles. The lowest BCUT2D eigenvalue weighted by Crippen LogP contribution is -2.24. The number of aliphatic hydroxyl groups is 1. The van der Waals surface area contributed by atoms with Crippen LogP contribution in [0.3, 0.4) is 0 Å². The van der Waals surface area contributed by atoms with E-state index in [0.29, 0.717) is 6.26 Å². The van der Waals surface area contributed by atoms with Crippen LogP contribution >= 0.6 is 0 Å². The summed E-state index contributed by atoms with van der Waals surface area (Å²) in [6.45, 7) is 3.28. The van der Waals surface area contributed by atoms with Crippen LogP contribution in [0.2, 0.25) is 0 Å². The molecule has 0 aliphatic rings. The van der Waals surface area contributed by atoms with E-state index in [2.05, 4.69) is 0 Å². The van der Waals surface area contributed by atoms with Gasteiger partial charge in [-0.3, -0.25) is 0 Å². The monoisotopic (exact) mass is 314 g/mol. The van der Waals surface area contributed by atoms with Crippen LogP contribution in [0, 0.1) is 5.82 Å². The topological polar surface area (TPSA) is 54.4 Å². The van der Waals surface area contributed by atoms with E-state index in [1.54, 1.807) is 13.8 Å². The Balaban J connectivity index is 3.68. The Hall–Kier alpha value is -1.15. The number of sulfone groups is 1. The first-order valence-corrected chi connectivity index (χ1v) is 7.53. The zero-order chi connectivity index (χ0) is 15.9. The number of halogens is 4. The average molecular weight is 314 g/mol. The fraction of sp³-hybridized carbons (Fsp3) is 0.500. The first-order chi connectivity index (χ1) is 8.85. The molecule has 20 heavy (non-hydrogen) atoms. The van der Waals surface area contributed by atoms with Gasteiger partial charge in [-0.15, -0.1) is 0 Å². The molecule has 1 aromatic carbocycles. The van der Waals surface area contributed by atoms with Crippen molar-refractivity contribution in [2.75, 3.05) is 6.26 Å². The van der Waals surface area contributed by atoms with Crippen molar-refractivity contribution in [3.8, 4) is 0 Å². The van der Waals surface area contributed by atoms with Crippen molar-refractivity contribution in [3.05, 3.63) is 29.1 Å². The van der Waals surface area contributed by atoms with Crippen molar-refractivity contribution in [3.63, 3.8) is 0 Å². The maximum Gasteiger partial charge on any atom is 0.418 e. The summed E-state index contributed by atoms with van der Waals surface area (Å²) in [6, 6.07) is 1.77. The van der Waals surface area contributed by atoms with Gasteiger partial charge in [0, 0.05) is 11.8 Å². The number of hydrogen-bond acceptors (Lipinski definition) is 3. The predicted molar refractivity (Wildman–Crippen MR) is 64.6 cm³/mol. The summed E-state index contributed by atoms with van der Waals surface area (Å²) in [5, 5.41) is 9.18. The molecular weight excluding hydrogens is 300 g/mol. The summed E-state index contributed by atoms with van der Waals surface area (Å²) in [5.41, 5.74) is -1.02. The highest BCUT2D eigenvalue weighted by atomic mass is 32.2. The zero-order valence-corrected chi connectivity index (χ0v) is 11.8. The van der Waals surface area contributed by atoms with E-state index >= 15 is 0 Å². The Morgan fingerprint density at radius 3 is 2.05 bits per heavy atom. The molecule has 1 rings (SSSR count). The number of rotatable bonds is 3. The molecule has 0 amide bonds. The van der Waals surface area contributed by atoms with Gasteiger partial charge < -0.3 is 5.11 Å². The molecule has 8 heteroatoms. The highest BCUT2D eigenvalue weighted by Gasteiger charge is 2.43. The van der Waals surface area contributed by atoms with Crippen molar-refractivity contribution in [2.45, 2.75) is 36.9 Å². The Morgan fingerprint density at radius 1 is 1.20 bits per heavy atom. The fourth-order valence-corrected chi connectivity index (χ4v) is 2.64. The summed E-state index contributed by atoms with van der Waals surface area (Å²) in [7, 11) is -4.12. The smallest absolute Gasteiger partial charge is 0.379 e. The second-order valence-electron chi connectivity index (χ2n) is 4.79. The van der Waals surface area contributed by atoms with Gasteiger partial charge in [0.15, 0.2) is 15.9 Å². The summed E-state index contributed by atoms with van der Waals surface area (Å²) in [4.78, 5) is -0.842. The molecule has 0 fully saturated rings. The minimum absolute atomic E-state index is 0.237. The summed E-state index contributed by atoms with van der Waals surface area (Å²) in [5.74, 6) is -1.66. The van der Waals surface area contributed by atoms with Crippen molar-refractivity contribution in [2.24, 2.45) is 0 Å². The minimum Gasteiger partial charge on any atom is -0.379 e.